The van der Waals surface area contributed by atoms with Crippen molar-refractivity contribution in [2.24, 2.45) is 0 Å². The molecule has 0 atom stereocenters. The van der Waals surface area contributed by atoms with Crippen LogP contribution in [0.5, 0.6) is 0 Å². The topological polar surface area (TPSA) is 0 Å². The maximum absolute atomic E-state index is 2.42. The molecule has 0 fully saturated rings. The highest BCUT2D eigenvalue weighted by atomic mass is 14.2. The maximum atomic E-state index is 2.42. The molecule has 106 valence electrons. The van der Waals surface area contributed by atoms with Crippen molar-refractivity contribution in [2.45, 2.75) is 6.42 Å². The first-order valence-corrected chi connectivity index (χ1v) is 8.19. The van der Waals surface area contributed by atoms with E-state index in [9.17, 15) is 0 Å². The molecular weight excluding hydrogens is 276 g/mol. The minimum absolute atomic E-state index is 1.04. The third-order valence-electron chi connectivity index (χ3n) is 5.39. The molecule has 4 aromatic carbocycles. The Morgan fingerprint density at radius 3 is 2.65 bits per heavy atom. The second-order valence-corrected chi connectivity index (χ2v) is 6.57. The molecule has 0 nitrogen and oxygen atoms in total. The van der Waals surface area contributed by atoms with E-state index < -0.39 is 0 Å². The Kier molecular flexibility index (Phi) is 1.98. The molecule has 0 heterocycles. The molecule has 0 aromatic heterocycles. The fourth-order valence-electron chi connectivity index (χ4n) is 4.40. The van der Waals surface area contributed by atoms with Gasteiger partial charge >= 0.3 is 0 Å². The second-order valence-electron chi connectivity index (χ2n) is 6.57. The Morgan fingerprint density at radius 1 is 0.696 bits per heavy atom. The van der Waals surface area contributed by atoms with Crippen LogP contribution in [0, 0.1) is 10.4 Å². The number of hydrogen-bond acceptors (Lipinski definition) is 0. The monoisotopic (exact) mass is 290 g/mol. The molecule has 0 unspecified atom stereocenters. The van der Waals surface area contributed by atoms with Gasteiger partial charge in [-0.3, -0.25) is 0 Å². The van der Waals surface area contributed by atoms with Crippen LogP contribution in [0.2, 0.25) is 0 Å². The van der Waals surface area contributed by atoms with Crippen molar-refractivity contribution in [3.05, 3.63) is 92.7 Å². The third-order valence-corrected chi connectivity index (χ3v) is 5.39. The lowest BCUT2D eigenvalue weighted by atomic mass is 9.93. The minimum Gasteiger partial charge on any atom is -0.0716 e. The quantitative estimate of drug-likeness (QED) is 0.381. The van der Waals surface area contributed by atoms with E-state index in [0.717, 1.165) is 6.42 Å². The summed E-state index contributed by atoms with van der Waals surface area (Å²) in [5.41, 5.74) is 2.84. The Hall–Kier alpha value is -2.86. The molecule has 4 aromatic rings. The zero-order valence-corrected chi connectivity index (χ0v) is 12.6. The van der Waals surface area contributed by atoms with Crippen LogP contribution in [0.1, 0.15) is 11.1 Å². The standard InChI is InChI=1S/C23H14/c1-2-7-18-14(4-1)8-10-19-20-11-9-15-5-3-6-16-12-17(13-21(18)19)23(20)22(15)16/h1-8,10-13H,9H2. The summed E-state index contributed by atoms with van der Waals surface area (Å²) in [6, 6.07) is 22.4. The first-order valence-electron chi connectivity index (χ1n) is 8.19. The van der Waals surface area contributed by atoms with Gasteiger partial charge in [0.05, 0.1) is 0 Å². The molecule has 0 saturated heterocycles. The van der Waals surface area contributed by atoms with Gasteiger partial charge in [-0.1, -0.05) is 60.7 Å². The maximum Gasteiger partial charge on any atom is -0.00264 e. The Bertz CT molecular complexity index is 1370. The van der Waals surface area contributed by atoms with Crippen molar-refractivity contribution >= 4 is 33.7 Å². The van der Waals surface area contributed by atoms with Gasteiger partial charge in [0, 0.05) is 0 Å². The van der Waals surface area contributed by atoms with E-state index in [4.69, 9.17) is 0 Å². The second kappa shape index (κ2) is 3.91. The van der Waals surface area contributed by atoms with Crippen molar-refractivity contribution in [3.8, 4) is 0 Å². The molecule has 2 aliphatic rings. The molecule has 0 radical (unpaired) electrons. The molecule has 6 rings (SSSR count). The molecule has 0 bridgehead atoms. The number of hydrogen-bond donors (Lipinski definition) is 0. The summed E-state index contributed by atoms with van der Waals surface area (Å²) >= 11 is 0. The highest BCUT2D eigenvalue weighted by Crippen LogP contribution is 2.27. The summed E-state index contributed by atoms with van der Waals surface area (Å²) in [4.78, 5) is 0. The van der Waals surface area contributed by atoms with Gasteiger partial charge in [0.25, 0.3) is 0 Å². The predicted octanol–water partition coefficient (Wildman–Crippen LogP) is 3.76. The Morgan fingerprint density at radius 2 is 1.65 bits per heavy atom. The lowest BCUT2D eigenvalue weighted by molar-refractivity contribution is 1.23. The van der Waals surface area contributed by atoms with Crippen molar-refractivity contribution < 1.29 is 0 Å². The van der Waals surface area contributed by atoms with E-state index in [0.29, 0.717) is 0 Å². The van der Waals surface area contributed by atoms with E-state index in [1.165, 1.54) is 53.5 Å². The van der Waals surface area contributed by atoms with Gasteiger partial charge in [-0.15, -0.1) is 0 Å². The molecule has 23 heavy (non-hydrogen) atoms. The van der Waals surface area contributed by atoms with Gasteiger partial charge in [-0.2, -0.15) is 0 Å². The highest BCUT2D eigenvalue weighted by molar-refractivity contribution is 6.08. The molecule has 0 heteroatoms. The van der Waals surface area contributed by atoms with E-state index >= 15 is 0 Å². The first-order chi connectivity index (χ1) is 11.4. The molecule has 0 amide bonds. The number of benzene rings is 4. The first kappa shape index (κ1) is 11.7. The third kappa shape index (κ3) is 1.37. The van der Waals surface area contributed by atoms with Crippen LogP contribution in [0.15, 0.2) is 60.7 Å². The van der Waals surface area contributed by atoms with Gasteiger partial charge in [-0.05, 0) is 72.1 Å². The largest absolute Gasteiger partial charge is 0.0716 e. The molecule has 0 aliphatic heterocycles. The predicted molar refractivity (Wildman–Crippen MR) is 96.6 cm³/mol. The van der Waals surface area contributed by atoms with Gasteiger partial charge < -0.3 is 0 Å². The van der Waals surface area contributed by atoms with Gasteiger partial charge in [-0.25, -0.2) is 0 Å². The fourth-order valence-corrected chi connectivity index (χ4v) is 4.40. The van der Waals surface area contributed by atoms with Crippen molar-refractivity contribution in [1.82, 2.24) is 0 Å². The molecular formula is C23H14. The summed E-state index contributed by atoms with van der Waals surface area (Å²) in [6.07, 6.45) is 5.81. The molecule has 2 aliphatic carbocycles. The van der Waals surface area contributed by atoms with Crippen LogP contribution in [0.3, 0.4) is 0 Å². The van der Waals surface area contributed by atoms with Crippen molar-refractivity contribution in [2.75, 3.05) is 0 Å². The number of rotatable bonds is 0. The highest BCUT2D eigenvalue weighted by Gasteiger charge is 2.14. The average molecular weight is 290 g/mol. The van der Waals surface area contributed by atoms with Crippen LogP contribution in [0.4, 0.5) is 0 Å². The summed E-state index contributed by atoms with van der Waals surface area (Å²) in [5.74, 6) is 0. The smallest absolute Gasteiger partial charge is 0.00264 e. The SMILES string of the molecule is C1=c2cccc3c2=c2c1cc1c(ccc4ccccc41)c2=CC3. The van der Waals surface area contributed by atoms with Gasteiger partial charge in [0.1, 0.15) is 0 Å². The average Bonchev–Trinajstić information content (AvgIpc) is 2.98. The van der Waals surface area contributed by atoms with E-state index in [-0.39, 0.29) is 0 Å². The van der Waals surface area contributed by atoms with Crippen LogP contribution < -0.4 is 10.4 Å². The lowest BCUT2D eigenvalue weighted by Gasteiger charge is -2.10. The lowest BCUT2D eigenvalue weighted by Crippen LogP contribution is -2.14. The summed E-state index contributed by atoms with van der Waals surface area (Å²) < 4.78 is 0. The van der Waals surface area contributed by atoms with Crippen molar-refractivity contribution in [1.29, 1.82) is 0 Å². The van der Waals surface area contributed by atoms with Crippen LogP contribution in [-0.4, -0.2) is 0 Å². The van der Waals surface area contributed by atoms with Crippen LogP contribution >= 0.6 is 0 Å². The fraction of sp³-hybridized carbons (Fsp3) is 0.0435. The van der Waals surface area contributed by atoms with E-state index in [2.05, 4.69) is 72.8 Å². The van der Waals surface area contributed by atoms with Gasteiger partial charge in [0.2, 0.25) is 0 Å². The van der Waals surface area contributed by atoms with Gasteiger partial charge in [0.15, 0.2) is 0 Å². The van der Waals surface area contributed by atoms with Crippen LogP contribution in [0.25, 0.3) is 33.7 Å². The molecule has 0 saturated carbocycles. The normalized spacial score (nSPS) is 13.7. The summed E-state index contributed by atoms with van der Waals surface area (Å²) in [5, 5.41) is 11.2. The van der Waals surface area contributed by atoms with Crippen LogP contribution in [-0.2, 0) is 6.42 Å². The molecule has 0 N–H and O–H groups in total. The zero-order chi connectivity index (χ0) is 15.0. The number of fused-ring (bicyclic) bond motifs is 4. The Balaban J connectivity index is 2.00. The summed E-state index contributed by atoms with van der Waals surface area (Å²) in [7, 11) is 0. The molecule has 0 spiro atoms. The summed E-state index contributed by atoms with van der Waals surface area (Å²) in [6.45, 7) is 0. The van der Waals surface area contributed by atoms with Crippen molar-refractivity contribution in [3.63, 3.8) is 0 Å². The Labute approximate surface area is 133 Å². The van der Waals surface area contributed by atoms with E-state index in [1.807, 2.05) is 0 Å². The van der Waals surface area contributed by atoms with E-state index in [1.54, 1.807) is 0 Å². The minimum atomic E-state index is 1.04. The zero-order valence-electron chi connectivity index (χ0n) is 12.6.